The predicted octanol–water partition coefficient (Wildman–Crippen LogP) is 2.93. The van der Waals surface area contributed by atoms with Crippen LogP contribution in [0.2, 0.25) is 0 Å². The van der Waals surface area contributed by atoms with E-state index in [1.807, 2.05) is 44.2 Å². The van der Waals surface area contributed by atoms with Crippen LogP contribution in [0.5, 0.6) is 5.75 Å². The van der Waals surface area contributed by atoms with Gasteiger partial charge in [-0.2, -0.15) is 0 Å². The first kappa shape index (κ1) is 24.7. The Morgan fingerprint density at radius 1 is 0.969 bits per heavy atom. The number of hydrogen-bond donors (Lipinski definition) is 3. The number of aromatic hydroxyl groups is 1. The quantitative estimate of drug-likeness (QED) is 0.488. The van der Waals surface area contributed by atoms with Gasteiger partial charge in [-0.25, -0.2) is 9.59 Å². The molecule has 8 nitrogen and oxygen atoms in total. The lowest BCUT2D eigenvalue weighted by Gasteiger charge is -2.25. The van der Waals surface area contributed by atoms with E-state index in [0.29, 0.717) is 6.42 Å². The molecule has 0 saturated heterocycles. The van der Waals surface area contributed by atoms with Gasteiger partial charge in [0, 0.05) is 6.42 Å². The summed E-state index contributed by atoms with van der Waals surface area (Å²) in [7, 11) is 1.24. The molecule has 0 aliphatic carbocycles. The average Bonchev–Trinajstić information content (AvgIpc) is 2.81. The van der Waals surface area contributed by atoms with E-state index < -0.39 is 30.1 Å². The van der Waals surface area contributed by atoms with Crippen molar-refractivity contribution in [3.8, 4) is 5.75 Å². The number of esters is 1. The Balaban J connectivity index is 2.05. The number of benzene rings is 2. The molecule has 0 fully saturated rings. The van der Waals surface area contributed by atoms with E-state index in [4.69, 9.17) is 9.47 Å². The molecule has 1 unspecified atom stereocenters. The Morgan fingerprint density at radius 3 is 2.22 bits per heavy atom. The SMILES string of the molecule is CCC(C)[C@H](NC(=O)OCc1ccccc1)C(=O)N[C@@H](Cc1ccc(O)cc1)C(=O)OC. The lowest BCUT2D eigenvalue weighted by molar-refractivity contribution is -0.145. The summed E-state index contributed by atoms with van der Waals surface area (Å²) in [6, 6.07) is 13.7. The number of methoxy groups -OCH3 is 1. The van der Waals surface area contributed by atoms with Gasteiger partial charge in [0.1, 0.15) is 24.4 Å². The van der Waals surface area contributed by atoms with Crippen LogP contribution in [0.15, 0.2) is 54.6 Å². The smallest absolute Gasteiger partial charge is 0.408 e. The van der Waals surface area contributed by atoms with Crippen LogP contribution in [0.4, 0.5) is 4.79 Å². The molecule has 32 heavy (non-hydrogen) atoms. The normalized spacial score (nSPS) is 13.3. The van der Waals surface area contributed by atoms with Crippen LogP contribution in [-0.2, 0) is 32.1 Å². The highest BCUT2D eigenvalue weighted by molar-refractivity contribution is 5.90. The van der Waals surface area contributed by atoms with Gasteiger partial charge in [0.2, 0.25) is 5.91 Å². The summed E-state index contributed by atoms with van der Waals surface area (Å²) in [5.74, 6) is -1.22. The maximum Gasteiger partial charge on any atom is 0.408 e. The van der Waals surface area contributed by atoms with Crippen molar-refractivity contribution in [3.63, 3.8) is 0 Å². The number of amides is 2. The molecule has 0 heterocycles. The molecular formula is C24H30N2O6. The Bertz CT molecular complexity index is 885. The second-order valence-electron chi connectivity index (χ2n) is 7.52. The van der Waals surface area contributed by atoms with Crippen LogP contribution in [0.3, 0.4) is 0 Å². The molecule has 0 saturated carbocycles. The fourth-order valence-corrected chi connectivity index (χ4v) is 3.06. The van der Waals surface area contributed by atoms with Crippen molar-refractivity contribution >= 4 is 18.0 Å². The zero-order valence-electron chi connectivity index (χ0n) is 18.5. The molecule has 2 aromatic rings. The van der Waals surface area contributed by atoms with Gasteiger partial charge in [-0.05, 0) is 29.2 Å². The number of phenols is 1. The van der Waals surface area contributed by atoms with Crippen LogP contribution in [0.25, 0.3) is 0 Å². The minimum atomic E-state index is -0.953. The number of rotatable bonds is 10. The van der Waals surface area contributed by atoms with Crippen molar-refractivity contribution in [1.29, 1.82) is 0 Å². The van der Waals surface area contributed by atoms with Gasteiger partial charge in [-0.1, -0.05) is 62.7 Å². The third-order valence-electron chi connectivity index (χ3n) is 5.16. The highest BCUT2D eigenvalue weighted by Crippen LogP contribution is 2.13. The van der Waals surface area contributed by atoms with E-state index in [-0.39, 0.29) is 24.7 Å². The van der Waals surface area contributed by atoms with Crippen LogP contribution < -0.4 is 10.6 Å². The maximum atomic E-state index is 13.0. The zero-order valence-corrected chi connectivity index (χ0v) is 18.5. The van der Waals surface area contributed by atoms with Crippen LogP contribution >= 0.6 is 0 Å². The van der Waals surface area contributed by atoms with Gasteiger partial charge in [-0.15, -0.1) is 0 Å². The van der Waals surface area contributed by atoms with Crippen molar-refractivity contribution in [2.75, 3.05) is 7.11 Å². The summed E-state index contributed by atoms with van der Waals surface area (Å²) >= 11 is 0. The minimum Gasteiger partial charge on any atom is -0.508 e. The molecule has 3 N–H and O–H groups in total. The van der Waals surface area contributed by atoms with Crippen molar-refractivity contribution < 1.29 is 29.0 Å². The third-order valence-corrected chi connectivity index (χ3v) is 5.16. The lowest BCUT2D eigenvalue weighted by atomic mass is 9.97. The highest BCUT2D eigenvalue weighted by Gasteiger charge is 2.30. The van der Waals surface area contributed by atoms with E-state index >= 15 is 0 Å². The van der Waals surface area contributed by atoms with Crippen molar-refractivity contribution in [1.82, 2.24) is 10.6 Å². The predicted molar refractivity (Wildman–Crippen MR) is 119 cm³/mol. The largest absolute Gasteiger partial charge is 0.508 e. The molecule has 0 aromatic heterocycles. The molecular weight excluding hydrogens is 412 g/mol. The lowest BCUT2D eigenvalue weighted by Crippen LogP contribution is -2.54. The molecule has 0 radical (unpaired) electrons. The van der Waals surface area contributed by atoms with Crippen molar-refractivity contribution in [2.45, 2.75) is 45.4 Å². The first-order chi connectivity index (χ1) is 15.3. The van der Waals surface area contributed by atoms with Crippen LogP contribution in [0, 0.1) is 5.92 Å². The fraction of sp³-hybridized carbons (Fsp3) is 0.375. The van der Waals surface area contributed by atoms with E-state index in [9.17, 15) is 19.5 Å². The topological polar surface area (TPSA) is 114 Å². The van der Waals surface area contributed by atoms with Gasteiger partial charge in [-0.3, -0.25) is 4.79 Å². The second-order valence-corrected chi connectivity index (χ2v) is 7.52. The highest BCUT2D eigenvalue weighted by atomic mass is 16.5. The van der Waals surface area contributed by atoms with Gasteiger partial charge in [0.15, 0.2) is 0 Å². The molecule has 0 aliphatic rings. The number of nitrogens with one attached hydrogen (secondary N) is 2. The van der Waals surface area contributed by atoms with E-state index in [1.165, 1.54) is 19.2 Å². The molecule has 172 valence electrons. The van der Waals surface area contributed by atoms with E-state index in [1.54, 1.807) is 12.1 Å². The number of phenolic OH excluding ortho intramolecular Hbond substituents is 1. The summed E-state index contributed by atoms with van der Waals surface area (Å²) in [6.07, 6.45) is 0.0740. The second kappa shape index (κ2) is 12.3. The Kier molecular flexibility index (Phi) is 9.53. The Labute approximate surface area is 187 Å². The summed E-state index contributed by atoms with van der Waals surface area (Å²) < 4.78 is 10.1. The molecule has 2 aromatic carbocycles. The number of alkyl carbamates (subject to hydrolysis) is 1. The average molecular weight is 443 g/mol. The Hall–Kier alpha value is -3.55. The minimum absolute atomic E-state index is 0.0765. The fourth-order valence-electron chi connectivity index (χ4n) is 3.06. The molecule has 3 atom stereocenters. The van der Waals surface area contributed by atoms with Gasteiger partial charge < -0.3 is 25.2 Å². The van der Waals surface area contributed by atoms with Gasteiger partial charge >= 0.3 is 12.1 Å². The van der Waals surface area contributed by atoms with E-state index in [2.05, 4.69) is 10.6 Å². The third kappa shape index (κ3) is 7.61. The summed E-state index contributed by atoms with van der Waals surface area (Å²) in [5.41, 5.74) is 1.56. The summed E-state index contributed by atoms with van der Waals surface area (Å²) in [5, 5.41) is 14.7. The summed E-state index contributed by atoms with van der Waals surface area (Å²) in [4.78, 5) is 37.6. The van der Waals surface area contributed by atoms with E-state index in [0.717, 1.165) is 11.1 Å². The molecule has 8 heteroatoms. The number of carbonyl (C=O) groups is 3. The van der Waals surface area contributed by atoms with Crippen molar-refractivity contribution in [2.24, 2.45) is 5.92 Å². The zero-order chi connectivity index (χ0) is 23.5. The van der Waals surface area contributed by atoms with Gasteiger partial charge in [0.25, 0.3) is 0 Å². The number of ether oxygens (including phenoxy) is 2. The first-order valence-corrected chi connectivity index (χ1v) is 10.5. The van der Waals surface area contributed by atoms with Gasteiger partial charge in [0.05, 0.1) is 7.11 Å². The molecule has 0 aliphatic heterocycles. The van der Waals surface area contributed by atoms with Crippen LogP contribution in [-0.4, -0.2) is 42.3 Å². The standard InChI is InChI=1S/C24H30N2O6/c1-4-16(2)21(26-24(30)32-15-18-8-6-5-7-9-18)22(28)25-20(23(29)31-3)14-17-10-12-19(27)13-11-17/h5-13,16,20-21,27H,4,14-15H2,1-3H3,(H,25,28)(H,26,30)/t16?,20-,21-/m0/s1. The molecule has 2 amide bonds. The number of hydrogen-bond acceptors (Lipinski definition) is 6. The summed E-state index contributed by atoms with van der Waals surface area (Å²) in [6.45, 7) is 3.80. The van der Waals surface area contributed by atoms with Crippen LogP contribution in [0.1, 0.15) is 31.4 Å². The number of carbonyl (C=O) groups excluding carboxylic acids is 3. The Morgan fingerprint density at radius 2 is 1.62 bits per heavy atom. The van der Waals surface area contributed by atoms with Crippen molar-refractivity contribution in [3.05, 3.63) is 65.7 Å². The first-order valence-electron chi connectivity index (χ1n) is 10.5. The maximum absolute atomic E-state index is 13.0. The monoisotopic (exact) mass is 442 g/mol. The molecule has 2 rings (SSSR count). The molecule has 0 spiro atoms. The molecule has 0 bridgehead atoms.